The smallest absolute Gasteiger partial charge is 0.266 e. The Hall–Kier alpha value is -0.720. The molecule has 12 heavy (non-hydrogen) atoms. The first-order valence-corrected chi connectivity index (χ1v) is 4.47. The summed E-state index contributed by atoms with van der Waals surface area (Å²) < 4.78 is 2.00. The van der Waals surface area contributed by atoms with Crippen molar-refractivity contribution in [1.29, 1.82) is 0 Å². The van der Waals surface area contributed by atoms with E-state index in [1.807, 2.05) is 22.6 Å². The first-order valence-electron chi connectivity index (χ1n) is 3.39. The second-order valence-electron chi connectivity index (χ2n) is 2.20. The van der Waals surface area contributed by atoms with Gasteiger partial charge >= 0.3 is 0 Å². The molecule has 1 aromatic rings. The minimum absolute atomic E-state index is 0.0903. The van der Waals surface area contributed by atoms with E-state index in [9.17, 15) is 9.59 Å². The molecule has 0 saturated carbocycles. The van der Waals surface area contributed by atoms with Gasteiger partial charge in [0.25, 0.3) is 5.56 Å². The Bertz CT molecular complexity index is 334. The minimum atomic E-state index is -0.0903. The summed E-state index contributed by atoms with van der Waals surface area (Å²) in [4.78, 5) is 25.1. The molecule has 0 aliphatic rings. The van der Waals surface area contributed by atoms with Crippen LogP contribution in [0.4, 0.5) is 0 Å². The normalized spacial score (nSPS) is 9.75. The minimum Gasteiger partial charge on any atom is -0.303 e. The van der Waals surface area contributed by atoms with Crippen molar-refractivity contribution >= 4 is 28.9 Å². The molecule has 0 aliphatic carbocycles. The quantitative estimate of drug-likeness (QED) is 0.595. The molecule has 4 nitrogen and oxygen atoms in total. The Labute approximate surface area is 82.8 Å². The fraction of sp³-hybridized carbons (Fsp3) is 0.286. The molecule has 1 rings (SSSR count). The zero-order valence-electron chi connectivity index (χ0n) is 6.24. The lowest BCUT2D eigenvalue weighted by Gasteiger charge is -2.00. The molecule has 1 heterocycles. The number of hydrogen-bond acceptors (Lipinski definition) is 3. The van der Waals surface area contributed by atoms with Crippen LogP contribution in [0.25, 0.3) is 0 Å². The molecule has 0 fully saturated rings. The molecule has 1 aromatic heterocycles. The van der Waals surface area contributed by atoms with Crippen LogP contribution in [0.3, 0.4) is 0 Å². The summed E-state index contributed by atoms with van der Waals surface area (Å²) in [5.41, 5.74) is -0.0903. The molecule has 0 amide bonds. The van der Waals surface area contributed by atoms with Crippen molar-refractivity contribution in [3.63, 3.8) is 0 Å². The summed E-state index contributed by atoms with van der Waals surface area (Å²) in [6.07, 6.45) is 4.07. The average molecular weight is 278 g/mol. The van der Waals surface area contributed by atoms with Crippen molar-refractivity contribution < 1.29 is 4.79 Å². The van der Waals surface area contributed by atoms with Gasteiger partial charge in [-0.05, 0) is 22.6 Å². The van der Waals surface area contributed by atoms with E-state index < -0.39 is 0 Å². The highest BCUT2D eigenvalue weighted by Gasteiger charge is 1.98. The Balaban J connectivity index is 2.92. The van der Waals surface area contributed by atoms with Gasteiger partial charge in [0.2, 0.25) is 0 Å². The number of halogens is 1. The SMILES string of the molecule is O=CCCn1cncc(I)c1=O. The molecule has 0 spiro atoms. The third kappa shape index (κ3) is 2.13. The molecule has 0 aliphatic heterocycles. The molecule has 0 radical (unpaired) electrons. The van der Waals surface area contributed by atoms with Crippen LogP contribution in [-0.2, 0) is 11.3 Å². The van der Waals surface area contributed by atoms with Gasteiger partial charge in [-0.3, -0.25) is 9.36 Å². The van der Waals surface area contributed by atoms with Crippen LogP contribution < -0.4 is 5.56 Å². The fourth-order valence-corrected chi connectivity index (χ4v) is 1.25. The van der Waals surface area contributed by atoms with E-state index >= 15 is 0 Å². The lowest BCUT2D eigenvalue weighted by molar-refractivity contribution is -0.108. The van der Waals surface area contributed by atoms with Crippen LogP contribution in [0.15, 0.2) is 17.3 Å². The van der Waals surface area contributed by atoms with Crippen molar-refractivity contribution in [2.24, 2.45) is 0 Å². The fourth-order valence-electron chi connectivity index (χ4n) is 0.775. The van der Waals surface area contributed by atoms with E-state index in [4.69, 9.17) is 0 Å². The van der Waals surface area contributed by atoms with E-state index in [0.717, 1.165) is 6.29 Å². The van der Waals surface area contributed by atoms with Crippen molar-refractivity contribution in [2.45, 2.75) is 13.0 Å². The summed E-state index contributed by atoms with van der Waals surface area (Å²) in [7, 11) is 0. The molecule has 0 aromatic carbocycles. The Morgan fingerprint density at radius 2 is 2.42 bits per heavy atom. The number of carbonyl (C=O) groups excluding carboxylic acids is 1. The van der Waals surface area contributed by atoms with Crippen LogP contribution >= 0.6 is 22.6 Å². The van der Waals surface area contributed by atoms with E-state index in [0.29, 0.717) is 16.5 Å². The largest absolute Gasteiger partial charge is 0.303 e. The number of rotatable bonds is 3. The van der Waals surface area contributed by atoms with Crippen LogP contribution in [0.1, 0.15) is 6.42 Å². The highest BCUT2D eigenvalue weighted by Crippen LogP contribution is 1.93. The van der Waals surface area contributed by atoms with Gasteiger partial charge in [-0.2, -0.15) is 0 Å². The summed E-state index contributed by atoms with van der Waals surface area (Å²) in [5.74, 6) is 0. The predicted molar refractivity (Wildman–Crippen MR) is 51.9 cm³/mol. The third-order valence-corrected chi connectivity index (χ3v) is 2.09. The molecule has 0 atom stereocenters. The number of hydrogen-bond donors (Lipinski definition) is 0. The van der Waals surface area contributed by atoms with E-state index in [-0.39, 0.29) is 5.56 Å². The molecule has 0 saturated heterocycles. The van der Waals surface area contributed by atoms with Gasteiger partial charge in [-0.25, -0.2) is 4.98 Å². The maximum Gasteiger partial charge on any atom is 0.266 e. The van der Waals surface area contributed by atoms with Gasteiger partial charge in [-0.1, -0.05) is 0 Å². The van der Waals surface area contributed by atoms with E-state index in [2.05, 4.69) is 4.98 Å². The van der Waals surface area contributed by atoms with Crippen molar-refractivity contribution in [2.75, 3.05) is 0 Å². The number of nitrogens with zero attached hydrogens (tertiary/aromatic N) is 2. The highest BCUT2D eigenvalue weighted by molar-refractivity contribution is 14.1. The lowest BCUT2D eigenvalue weighted by atomic mass is 10.4. The molecule has 0 bridgehead atoms. The first kappa shape index (κ1) is 9.37. The Morgan fingerprint density at radius 1 is 1.67 bits per heavy atom. The van der Waals surface area contributed by atoms with Crippen LogP contribution in [0.2, 0.25) is 0 Å². The third-order valence-electron chi connectivity index (χ3n) is 1.35. The zero-order chi connectivity index (χ0) is 8.97. The van der Waals surface area contributed by atoms with Gasteiger partial charge in [0.1, 0.15) is 6.29 Å². The summed E-state index contributed by atoms with van der Waals surface area (Å²) >= 11 is 1.92. The highest BCUT2D eigenvalue weighted by atomic mass is 127. The zero-order valence-corrected chi connectivity index (χ0v) is 8.39. The first-order chi connectivity index (χ1) is 5.75. The van der Waals surface area contributed by atoms with Crippen LogP contribution in [0, 0.1) is 3.57 Å². The maximum atomic E-state index is 11.3. The van der Waals surface area contributed by atoms with E-state index in [1.165, 1.54) is 17.1 Å². The van der Waals surface area contributed by atoms with E-state index in [1.54, 1.807) is 0 Å². The van der Waals surface area contributed by atoms with Gasteiger partial charge in [-0.15, -0.1) is 0 Å². The number of aryl methyl sites for hydroxylation is 1. The second kappa shape index (κ2) is 4.34. The van der Waals surface area contributed by atoms with Gasteiger partial charge in [0.15, 0.2) is 0 Å². The summed E-state index contributed by atoms with van der Waals surface area (Å²) in [5, 5.41) is 0. The van der Waals surface area contributed by atoms with Crippen molar-refractivity contribution in [3.05, 3.63) is 26.4 Å². The Morgan fingerprint density at radius 3 is 3.08 bits per heavy atom. The molecule has 64 valence electrons. The number of carbonyl (C=O) groups is 1. The Kier molecular flexibility index (Phi) is 3.39. The molecule has 0 unspecified atom stereocenters. The molecular formula is C7H7IN2O2. The molecule has 0 N–H and O–H groups in total. The molecule has 5 heteroatoms. The van der Waals surface area contributed by atoms with Gasteiger partial charge in [0.05, 0.1) is 9.90 Å². The van der Waals surface area contributed by atoms with Crippen molar-refractivity contribution in [3.8, 4) is 0 Å². The summed E-state index contributed by atoms with van der Waals surface area (Å²) in [6.45, 7) is 0.409. The number of aromatic nitrogens is 2. The van der Waals surface area contributed by atoms with Crippen LogP contribution in [-0.4, -0.2) is 15.8 Å². The average Bonchev–Trinajstić information content (AvgIpc) is 2.08. The molecular weight excluding hydrogens is 271 g/mol. The monoisotopic (exact) mass is 278 g/mol. The van der Waals surface area contributed by atoms with Crippen molar-refractivity contribution in [1.82, 2.24) is 9.55 Å². The number of aldehydes is 1. The second-order valence-corrected chi connectivity index (χ2v) is 3.36. The van der Waals surface area contributed by atoms with Gasteiger partial charge < -0.3 is 4.79 Å². The summed E-state index contributed by atoms with van der Waals surface area (Å²) in [6, 6.07) is 0. The topological polar surface area (TPSA) is 52.0 Å². The van der Waals surface area contributed by atoms with Gasteiger partial charge in [0, 0.05) is 19.2 Å². The predicted octanol–water partition coefficient (Wildman–Crippen LogP) is 0.437. The van der Waals surface area contributed by atoms with Crippen LogP contribution in [0.5, 0.6) is 0 Å². The lowest BCUT2D eigenvalue weighted by Crippen LogP contribution is -2.22. The maximum absolute atomic E-state index is 11.3. The standard InChI is InChI=1S/C7H7IN2O2/c8-6-4-9-5-10(7(6)12)2-1-3-11/h3-5H,1-2H2.